The van der Waals surface area contributed by atoms with E-state index in [1.54, 1.807) is 4.90 Å². The molecule has 0 N–H and O–H groups in total. The molecule has 1 aliphatic heterocycles. The van der Waals surface area contributed by atoms with Gasteiger partial charge in [0.2, 0.25) is 0 Å². The highest BCUT2D eigenvalue weighted by molar-refractivity contribution is 5.70. The summed E-state index contributed by atoms with van der Waals surface area (Å²) >= 11 is 0. The van der Waals surface area contributed by atoms with Crippen molar-refractivity contribution in [2.75, 3.05) is 6.61 Å². The van der Waals surface area contributed by atoms with Crippen molar-refractivity contribution in [2.24, 2.45) is 0 Å². The number of rotatable bonds is 4. The van der Waals surface area contributed by atoms with Crippen molar-refractivity contribution in [3.05, 3.63) is 53.4 Å². The summed E-state index contributed by atoms with van der Waals surface area (Å²) in [6.07, 6.45) is -0.314. The molecule has 0 aliphatic carbocycles. The Hall–Kier alpha value is -2.30. The highest BCUT2D eigenvalue weighted by Crippen LogP contribution is 2.29. The third-order valence-corrected chi connectivity index (χ3v) is 3.65. The van der Waals surface area contributed by atoms with Crippen LogP contribution >= 0.6 is 0 Å². The van der Waals surface area contributed by atoms with Gasteiger partial charge in [-0.05, 0) is 11.5 Å². The maximum Gasteiger partial charge on any atom is 0.410 e. The number of cyclic esters (lactones) is 1. The summed E-state index contributed by atoms with van der Waals surface area (Å²) < 4.78 is 10.5. The quantitative estimate of drug-likeness (QED) is 0.863. The monoisotopic (exact) mass is 286 g/mol. The number of benzene rings is 1. The minimum absolute atomic E-state index is 0.0775. The zero-order valence-electron chi connectivity index (χ0n) is 12.2. The van der Waals surface area contributed by atoms with Crippen molar-refractivity contribution in [1.29, 1.82) is 0 Å². The molecule has 1 saturated heterocycles. The first-order valence-corrected chi connectivity index (χ1v) is 7.09. The fourth-order valence-corrected chi connectivity index (χ4v) is 2.42. The van der Waals surface area contributed by atoms with Crippen LogP contribution in [0.15, 0.2) is 40.9 Å². The Kier molecular flexibility index (Phi) is 3.64. The van der Waals surface area contributed by atoms with Gasteiger partial charge in [0.15, 0.2) is 5.76 Å². The van der Waals surface area contributed by atoms with Gasteiger partial charge in [-0.2, -0.15) is 0 Å². The first-order chi connectivity index (χ1) is 10.1. The molecule has 1 atom stereocenters. The lowest BCUT2D eigenvalue weighted by molar-refractivity contribution is 0.152. The minimum Gasteiger partial charge on any atom is -0.447 e. The van der Waals surface area contributed by atoms with Gasteiger partial charge >= 0.3 is 6.09 Å². The van der Waals surface area contributed by atoms with E-state index >= 15 is 0 Å². The number of aromatic nitrogens is 1. The van der Waals surface area contributed by atoms with E-state index in [0.717, 1.165) is 11.3 Å². The summed E-state index contributed by atoms with van der Waals surface area (Å²) in [5.41, 5.74) is 1.96. The minimum atomic E-state index is -0.314. The van der Waals surface area contributed by atoms with Crippen molar-refractivity contribution in [1.82, 2.24) is 10.1 Å². The summed E-state index contributed by atoms with van der Waals surface area (Å²) in [7, 11) is 0. The molecule has 3 rings (SSSR count). The molecule has 1 aromatic carbocycles. The van der Waals surface area contributed by atoms with Crippen LogP contribution in [-0.2, 0) is 11.3 Å². The zero-order valence-corrected chi connectivity index (χ0v) is 12.2. The third-order valence-electron chi connectivity index (χ3n) is 3.65. The molecule has 0 radical (unpaired) electrons. The third kappa shape index (κ3) is 2.77. The average molecular weight is 286 g/mol. The van der Waals surface area contributed by atoms with Crippen LogP contribution < -0.4 is 0 Å². The Bertz CT molecular complexity index is 621. The predicted molar refractivity (Wildman–Crippen MR) is 76.7 cm³/mol. The lowest BCUT2D eigenvalue weighted by atomic mass is 10.1. The molecule has 21 heavy (non-hydrogen) atoms. The van der Waals surface area contributed by atoms with Crippen LogP contribution in [0, 0.1) is 0 Å². The number of amides is 1. The van der Waals surface area contributed by atoms with Gasteiger partial charge in [0.05, 0.1) is 18.3 Å². The maximum absolute atomic E-state index is 11.9. The summed E-state index contributed by atoms with van der Waals surface area (Å²) in [5, 5.41) is 4.03. The van der Waals surface area contributed by atoms with Crippen LogP contribution in [0.5, 0.6) is 0 Å². The van der Waals surface area contributed by atoms with Gasteiger partial charge < -0.3 is 9.26 Å². The van der Waals surface area contributed by atoms with Crippen molar-refractivity contribution in [2.45, 2.75) is 32.4 Å². The van der Waals surface area contributed by atoms with Crippen molar-refractivity contribution in [3.8, 4) is 0 Å². The number of nitrogens with zero attached hydrogens (tertiary/aromatic N) is 2. The molecule has 1 aliphatic rings. The Balaban J connectivity index is 1.79. The first kappa shape index (κ1) is 13.7. The molecule has 1 fully saturated rings. The van der Waals surface area contributed by atoms with Crippen LogP contribution in [-0.4, -0.2) is 22.8 Å². The van der Waals surface area contributed by atoms with Crippen LogP contribution in [0.25, 0.3) is 0 Å². The van der Waals surface area contributed by atoms with E-state index in [4.69, 9.17) is 9.26 Å². The van der Waals surface area contributed by atoms with E-state index in [1.807, 2.05) is 36.4 Å². The zero-order chi connectivity index (χ0) is 14.8. The van der Waals surface area contributed by atoms with Crippen molar-refractivity contribution >= 4 is 6.09 Å². The average Bonchev–Trinajstić information content (AvgIpc) is 3.09. The van der Waals surface area contributed by atoms with Gasteiger partial charge in [0, 0.05) is 6.07 Å². The molecule has 110 valence electrons. The van der Waals surface area contributed by atoms with Crippen molar-refractivity contribution in [3.63, 3.8) is 0 Å². The van der Waals surface area contributed by atoms with Gasteiger partial charge in [-0.1, -0.05) is 49.3 Å². The molecule has 0 saturated carbocycles. The summed E-state index contributed by atoms with van der Waals surface area (Å²) in [4.78, 5) is 13.6. The molecule has 0 unspecified atom stereocenters. The summed E-state index contributed by atoms with van der Waals surface area (Å²) in [5.74, 6) is 0.983. The largest absolute Gasteiger partial charge is 0.447 e. The second-order valence-corrected chi connectivity index (χ2v) is 5.50. The predicted octanol–water partition coefficient (Wildman–Crippen LogP) is 3.49. The number of hydrogen-bond acceptors (Lipinski definition) is 4. The normalized spacial score (nSPS) is 18.3. The molecule has 0 spiro atoms. The fraction of sp³-hybridized carbons (Fsp3) is 0.375. The van der Waals surface area contributed by atoms with E-state index in [2.05, 4.69) is 19.0 Å². The van der Waals surface area contributed by atoms with E-state index in [9.17, 15) is 4.79 Å². The topological polar surface area (TPSA) is 55.6 Å². The van der Waals surface area contributed by atoms with E-state index < -0.39 is 0 Å². The standard InChI is InChI=1S/C16H18N2O3/c1-11(2)14-8-13(21-17-14)9-18-15(10-20-16(18)19)12-6-4-3-5-7-12/h3-8,11,15H,9-10H2,1-2H3/t15-/m1/s1. The molecule has 1 aromatic heterocycles. The first-order valence-electron chi connectivity index (χ1n) is 7.09. The smallest absolute Gasteiger partial charge is 0.410 e. The summed E-state index contributed by atoms with van der Waals surface area (Å²) in [6, 6.07) is 11.7. The maximum atomic E-state index is 11.9. The molecule has 0 bridgehead atoms. The van der Waals surface area contributed by atoms with E-state index in [1.165, 1.54) is 0 Å². The van der Waals surface area contributed by atoms with Gasteiger partial charge in [0.1, 0.15) is 6.61 Å². The van der Waals surface area contributed by atoms with E-state index in [-0.39, 0.29) is 12.1 Å². The van der Waals surface area contributed by atoms with Gasteiger partial charge in [-0.15, -0.1) is 0 Å². The molecule has 5 nitrogen and oxygen atoms in total. The molecular formula is C16H18N2O3. The van der Waals surface area contributed by atoms with Crippen molar-refractivity contribution < 1.29 is 14.1 Å². The van der Waals surface area contributed by atoms with Gasteiger partial charge in [0.25, 0.3) is 0 Å². The van der Waals surface area contributed by atoms with Gasteiger partial charge in [-0.25, -0.2) is 4.79 Å². The molecule has 1 amide bonds. The summed E-state index contributed by atoms with van der Waals surface area (Å²) in [6.45, 7) is 4.85. The Morgan fingerprint density at radius 1 is 1.33 bits per heavy atom. The van der Waals surface area contributed by atoms with Crippen LogP contribution in [0.4, 0.5) is 4.79 Å². The van der Waals surface area contributed by atoms with E-state index in [0.29, 0.717) is 24.8 Å². The number of carbonyl (C=O) groups excluding carboxylic acids is 1. The molecular weight excluding hydrogens is 268 g/mol. The van der Waals surface area contributed by atoms with Gasteiger partial charge in [-0.3, -0.25) is 4.90 Å². The molecule has 2 aromatic rings. The van der Waals surface area contributed by atoms with Crippen LogP contribution in [0.1, 0.15) is 42.8 Å². The fourth-order valence-electron chi connectivity index (χ4n) is 2.42. The SMILES string of the molecule is CC(C)c1cc(CN2C(=O)OC[C@@H]2c2ccccc2)on1. The molecule has 2 heterocycles. The highest BCUT2D eigenvalue weighted by Gasteiger charge is 2.34. The molecule has 5 heteroatoms. The van der Waals surface area contributed by atoms with Crippen LogP contribution in [0.2, 0.25) is 0 Å². The Labute approximate surface area is 123 Å². The second kappa shape index (κ2) is 5.60. The number of carbonyl (C=O) groups is 1. The van der Waals surface area contributed by atoms with Crippen LogP contribution in [0.3, 0.4) is 0 Å². The lowest BCUT2D eigenvalue weighted by Gasteiger charge is -2.20. The number of hydrogen-bond donors (Lipinski definition) is 0. The Morgan fingerprint density at radius 2 is 2.10 bits per heavy atom. The second-order valence-electron chi connectivity index (χ2n) is 5.50. The lowest BCUT2D eigenvalue weighted by Crippen LogP contribution is -2.26. The highest BCUT2D eigenvalue weighted by atomic mass is 16.6. The Morgan fingerprint density at radius 3 is 2.76 bits per heavy atom. The number of ether oxygens (including phenoxy) is 1.